The van der Waals surface area contributed by atoms with Gasteiger partial charge in [-0.15, -0.1) is 0 Å². The molecule has 0 saturated heterocycles. The third-order valence-corrected chi connectivity index (χ3v) is 5.15. The van der Waals surface area contributed by atoms with E-state index in [1.54, 1.807) is 27.2 Å². The molecule has 1 aliphatic heterocycles. The smallest absolute Gasteiger partial charge is 0.269 e. The second-order valence-electron chi connectivity index (χ2n) is 7.06. The number of nitro benzene ring substituents is 1. The molecule has 0 radical (unpaired) electrons. The number of anilines is 1. The minimum atomic E-state index is -0.447. The normalized spacial score (nSPS) is 13.5. The van der Waals surface area contributed by atoms with Crippen LogP contribution in [0.5, 0.6) is 11.5 Å². The molecule has 1 amide bonds. The minimum Gasteiger partial charge on any atom is -0.493 e. The molecule has 0 atom stereocenters. The van der Waals surface area contributed by atoms with E-state index in [2.05, 4.69) is 10.2 Å². The number of amides is 1. The highest BCUT2D eigenvalue weighted by atomic mass is 16.6. The molecule has 2 aromatic rings. The number of hydrogen-bond donors (Lipinski definition) is 1. The first kappa shape index (κ1) is 20.6. The number of benzene rings is 2. The summed E-state index contributed by atoms with van der Waals surface area (Å²) in [6.07, 6.45) is 1.23. The lowest BCUT2D eigenvalue weighted by Crippen LogP contribution is -2.33. The SMILES string of the molecule is COc1cc2c(cc1OC)CN(CCC(=O)Nc1ccc([N+](=O)[O-])cc1C)CC2. The molecule has 0 fully saturated rings. The zero-order valence-electron chi connectivity index (χ0n) is 16.9. The first-order valence-electron chi connectivity index (χ1n) is 9.42. The van der Waals surface area contributed by atoms with Crippen molar-refractivity contribution in [3.63, 3.8) is 0 Å². The zero-order valence-corrected chi connectivity index (χ0v) is 16.9. The number of ether oxygens (including phenoxy) is 2. The maximum absolute atomic E-state index is 12.3. The average Bonchev–Trinajstić information content (AvgIpc) is 2.72. The Kier molecular flexibility index (Phi) is 6.33. The number of nitrogens with zero attached hydrogens (tertiary/aromatic N) is 2. The van der Waals surface area contributed by atoms with Gasteiger partial charge in [0.05, 0.1) is 19.1 Å². The van der Waals surface area contributed by atoms with Gasteiger partial charge < -0.3 is 14.8 Å². The third-order valence-electron chi connectivity index (χ3n) is 5.15. The molecule has 2 aromatic carbocycles. The van der Waals surface area contributed by atoms with Crippen molar-refractivity contribution in [1.29, 1.82) is 0 Å². The van der Waals surface area contributed by atoms with Gasteiger partial charge >= 0.3 is 0 Å². The van der Waals surface area contributed by atoms with E-state index in [0.29, 0.717) is 30.0 Å². The first-order valence-corrected chi connectivity index (χ1v) is 9.42. The number of aryl methyl sites for hydroxylation is 1. The van der Waals surface area contributed by atoms with Crippen molar-refractivity contribution in [2.45, 2.75) is 26.3 Å². The fraction of sp³-hybridized carbons (Fsp3) is 0.381. The summed E-state index contributed by atoms with van der Waals surface area (Å²) >= 11 is 0. The molecule has 0 saturated carbocycles. The number of rotatable bonds is 7. The number of non-ortho nitro benzene ring substituents is 1. The Labute approximate surface area is 169 Å². The van der Waals surface area contributed by atoms with Crippen molar-refractivity contribution in [2.75, 3.05) is 32.6 Å². The van der Waals surface area contributed by atoms with E-state index in [9.17, 15) is 14.9 Å². The van der Waals surface area contributed by atoms with Gasteiger partial charge in [-0.1, -0.05) is 0 Å². The van der Waals surface area contributed by atoms with Crippen LogP contribution in [0.4, 0.5) is 11.4 Å². The molecule has 1 aliphatic rings. The first-order chi connectivity index (χ1) is 13.9. The molecule has 0 aromatic heterocycles. The summed E-state index contributed by atoms with van der Waals surface area (Å²) in [5.41, 5.74) is 3.70. The standard InChI is InChI=1S/C21H25N3O5/c1-14-10-17(24(26)27)4-5-18(14)22-21(25)7-9-23-8-6-15-11-19(28-2)20(29-3)12-16(15)13-23/h4-5,10-12H,6-9,13H2,1-3H3,(H,22,25). The molecule has 8 heteroatoms. The van der Waals surface area contributed by atoms with Crippen LogP contribution in [-0.4, -0.2) is 43.0 Å². The highest BCUT2D eigenvalue weighted by Crippen LogP contribution is 2.33. The monoisotopic (exact) mass is 399 g/mol. The average molecular weight is 399 g/mol. The highest BCUT2D eigenvalue weighted by molar-refractivity contribution is 5.91. The summed E-state index contributed by atoms with van der Waals surface area (Å²) in [6.45, 7) is 3.99. The predicted molar refractivity (Wildman–Crippen MR) is 110 cm³/mol. The Morgan fingerprint density at radius 1 is 1.17 bits per heavy atom. The van der Waals surface area contributed by atoms with Crippen LogP contribution in [0.3, 0.4) is 0 Å². The number of methoxy groups -OCH3 is 2. The molecule has 1 N–H and O–H groups in total. The predicted octanol–water partition coefficient (Wildman–Crippen LogP) is 3.31. The fourth-order valence-corrected chi connectivity index (χ4v) is 3.51. The van der Waals surface area contributed by atoms with Crippen LogP contribution in [0.1, 0.15) is 23.1 Å². The van der Waals surface area contributed by atoms with Gasteiger partial charge in [0.1, 0.15) is 0 Å². The second kappa shape index (κ2) is 8.91. The number of fused-ring (bicyclic) bond motifs is 1. The van der Waals surface area contributed by atoms with E-state index in [-0.39, 0.29) is 11.6 Å². The minimum absolute atomic E-state index is 0.0135. The molecular formula is C21H25N3O5. The van der Waals surface area contributed by atoms with Crippen LogP contribution in [0.2, 0.25) is 0 Å². The lowest BCUT2D eigenvalue weighted by atomic mass is 9.98. The van der Waals surface area contributed by atoms with Crippen molar-refractivity contribution in [2.24, 2.45) is 0 Å². The van der Waals surface area contributed by atoms with Crippen molar-refractivity contribution < 1.29 is 19.2 Å². The van der Waals surface area contributed by atoms with Crippen molar-refractivity contribution >= 4 is 17.3 Å². The molecular weight excluding hydrogens is 374 g/mol. The van der Waals surface area contributed by atoms with Crippen LogP contribution in [0, 0.1) is 17.0 Å². The molecule has 154 valence electrons. The fourth-order valence-electron chi connectivity index (χ4n) is 3.51. The van der Waals surface area contributed by atoms with E-state index in [0.717, 1.165) is 25.3 Å². The van der Waals surface area contributed by atoms with Crippen molar-refractivity contribution in [1.82, 2.24) is 4.90 Å². The maximum Gasteiger partial charge on any atom is 0.269 e. The molecule has 0 unspecified atom stereocenters. The number of hydrogen-bond acceptors (Lipinski definition) is 6. The van der Waals surface area contributed by atoms with E-state index in [1.165, 1.54) is 23.3 Å². The van der Waals surface area contributed by atoms with Crippen LogP contribution in [0.15, 0.2) is 30.3 Å². The quantitative estimate of drug-likeness (QED) is 0.567. The molecule has 0 spiro atoms. The number of carbonyl (C=O) groups is 1. The molecule has 0 aliphatic carbocycles. The largest absolute Gasteiger partial charge is 0.493 e. The van der Waals surface area contributed by atoms with Gasteiger partial charge in [0.15, 0.2) is 11.5 Å². The van der Waals surface area contributed by atoms with Crippen LogP contribution in [-0.2, 0) is 17.8 Å². The highest BCUT2D eigenvalue weighted by Gasteiger charge is 2.20. The Bertz CT molecular complexity index is 929. The summed E-state index contributed by atoms with van der Waals surface area (Å²) in [7, 11) is 3.25. The van der Waals surface area contributed by atoms with Crippen molar-refractivity contribution in [3.05, 3.63) is 57.1 Å². The lowest BCUT2D eigenvalue weighted by molar-refractivity contribution is -0.384. The van der Waals surface area contributed by atoms with Crippen LogP contribution in [0.25, 0.3) is 0 Å². The molecule has 0 bridgehead atoms. The maximum atomic E-state index is 12.3. The van der Waals surface area contributed by atoms with Gasteiger partial charge in [-0.05, 0) is 48.2 Å². The topological polar surface area (TPSA) is 93.9 Å². The Hall–Kier alpha value is -3.13. The van der Waals surface area contributed by atoms with E-state index >= 15 is 0 Å². The summed E-state index contributed by atoms with van der Waals surface area (Å²) < 4.78 is 10.8. The van der Waals surface area contributed by atoms with E-state index in [4.69, 9.17) is 9.47 Å². The van der Waals surface area contributed by atoms with Crippen LogP contribution < -0.4 is 14.8 Å². The van der Waals surface area contributed by atoms with Gasteiger partial charge in [-0.25, -0.2) is 0 Å². The van der Waals surface area contributed by atoms with Gasteiger partial charge in [0.25, 0.3) is 5.69 Å². The second-order valence-corrected chi connectivity index (χ2v) is 7.06. The summed E-state index contributed by atoms with van der Waals surface area (Å²) in [6, 6.07) is 8.45. The summed E-state index contributed by atoms with van der Waals surface area (Å²) in [4.78, 5) is 25.0. The number of carbonyl (C=O) groups excluding carboxylic acids is 1. The Morgan fingerprint density at radius 3 is 2.48 bits per heavy atom. The van der Waals surface area contributed by atoms with E-state index in [1.807, 2.05) is 12.1 Å². The van der Waals surface area contributed by atoms with Gasteiger partial charge in [0.2, 0.25) is 5.91 Å². The van der Waals surface area contributed by atoms with Gasteiger partial charge in [-0.3, -0.25) is 19.8 Å². The Balaban J connectivity index is 1.57. The molecule has 3 rings (SSSR count). The number of nitrogens with one attached hydrogen (secondary N) is 1. The van der Waals surface area contributed by atoms with E-state index < -0.39 is 4.92 Å². The van der Waals surface area contributed by atoms with Gasteiger partial charge in [-0.2, -0.15) is 0 Å². The Morgan fingerprint density at radius 2 is 1.86 bits per heavy atom. The number of nitro groups is 1. The van der Waals surface area contributed by atoms with Crippen molar-refractivity contribution in [3.8, 4) is 11.5 Å². The lowest BCUT2D eigenvalue weighted by Gasteiger charge is -2.29. The zero-order chi connectivity index (χ0) is 21.0. The third kappa shape index (κ3) is 4.83. The molecule has 29 heavy (non-hydrogen) atoms. The summed E-state index contributed by atoms with van der Waals surface area (Å²) in [5, 5.41) is 13.7. The molecule has 1 heterocycles. The van der Waals surface area contributed by atoms with Gasteiger partial charge in [0, 0.05) is 43.9 Å². The summed E-state index contributed by atoms with van der Waals surface area (Å²) in [5.74, 6) is 1.33. The van der Waals surface area contributed by atoms with Crippen LogP contribution >= 0.6 is 0 Å². The molecule has 8 nitrogen and oxygen atoms in total.